The van der Waals surface area contributed by atoms with Crippen molar-refractivity contribution in [2.24, 2.45) is 0 Å². The zero-order chi connectivity index (χ0) is 22.8. The van der Waals surface area contributed by atoms with Gasteiger partial charge in [0.25, 0.3) is 10.2 Å². The summed E-state index contributed by atoms with van der Waals surface area (Å²) in [7, 11) is -0.909. The smallest absolute Gasteiger partial charge is 0.298 e. The van der Waals surface area contributed by atoms with Crippen molar-refractivity contribution >= 4 is 33.2 Å². The Hall–Kier alpha value is -2.88. The van der Waals surface area contributed by atoms with Crippen LogP contribution in [0.25, 0.3) is 11.3 Å². The molecule has 31 heavy (non-hydrogen) atoms. The van der Waals surface area contributed by atoms with Crippen LogP contribution in [0, 0.1) is 12.7 Å². The zero-order valence-electron chi connectivity index (χ0n) is 17.2. The lowest BCUT2D eigenvalue weighted by Crippen LogP contribution is -2.26. The topological polar surface area (TPSA) is 106 Å². The number of hydrogen-bond donors (Lipinski definition) is 3. The Morgan fingerprint density at radius 3 is 2.61 bits per heavy atom. The Kier molecular flexibility index (Phi) is 6.68. The van der Waals surface area contributed by atoms with Crippen molar-refractivity contribution < 1.29 is 17.5 Å². The SMILES string of the molecule is CNS(=O)(=O)Nc1ccc(Cc2cnc(-c3ccc(Cl)cc3F)c(N)c2C)cc1OC. The number of nitrogens with zero attached hydrogens (tertiary/aromatic N) is 1. The second-order valence-corrected chi connectivity index (χ2v) is 8.87. The van der Waals surface area contributed by atoms with Gasteiger partial charge in [0.15, 0.2) is 0 Å². The number of methoxy groups -OCH3 is 1. The molecule has 0 aliphatic carbocycles. The lowest BCUT2D eigenvalue weighted by Gasteiger charge is -2.15. The Morgan fingerprint density at radius 1 is 1.23 bits per heavy atom. The molecule has 164 valence electrons. The van der Waals surface area contributed by atoms with Gasteiger partial charge in [-0.25, -0.2) is 9.11 Å². The molecule has 0 saturated heterocycles. The van der Waals surface area contributed by atoms with Gasteiger partial charge >= 0.3 is 0 Å². The van der Waals surface area contributed by atoms with Crippen molar-refractivity contribution in [3.63, 3.8) is 0 Å². The van der Waals surface area contributed by atoms with Gasteiger partial charge in [-0.2, -0.15) is 8.42 Å². The van der Waals surface area contributed by atoms with Gasteiger partial charge in [0.05, 0.1) is 24.2 Å². The van der Waals surface area contributed by atoms with Crippen molar-refractivity contribution in [1.29, 1.82) is 0 Å². The summed E-state index contributed by atoms with van der Waals surface area (Å²) in [6.45, 7) is 1.84. The third-order valence-electron chi connectivity index (χ3n) is 4.85. The van der Waals surface area contributed by atoms with Gasteiger partial charge in [0, 0.05) is 23.8 Å². The average Bonchev–Trinajstić information content (AvgIpc) is 2.73. The summed E-state index contributed by atoms with van der Waals surface area (Å²) >= 11 is 5.83. The van der Waals surface area contributed by atoms with E-state index in [-0.39, 0.29) is 5.56 Å². The van der Waals surface area contributed by atoms with Crippen molar-refractivity contribution in [3.8, 4) is 17.0 Å². The fourth-order valence-electron chi connectivity index (χ4n) is 3.08. The molecule has 1 aromatic heterocycles. The van der Waals surface area contributed by atoms with E-state index < -0.39 is 16.0 Å². The molecule has 4 N–H and O–H groups in total. The van der Waals surface area contributed by atoms with Crippen LogP contribution in [0.3, 0.4) is 0 Å². The molecular formula is C21H22ClFN4O3S. The zero-order valence-corrected chi connectivity index (χ0v) is 18.7. The van der Waals surface area contributed by atoms with Gasteiger partial charge in [-0.1, -0.05) is 17.7 Å². The van der Waals surface area contributed by atoms with E-state index in [2.05, 4.69) is 14.4 Å². The summed E-state index contributed by atoms with van der Waals surface area (Å²) in [6.07, 6.45) is 2.13. The van der Waals surface area contributed by atoms with E-state index in [4.69, 9.17) is 22.1 Å². The maximum absolute atomic E-state index is 14.3. The Balaban J connectivity index is 1.92. The fraction of sp³-hybridized carbons (Fsp3) is 0.190. The summed E-state index contributed by atoms with van der Waals surface area (Å²) in [5.74, 6) is -0.127. The molecule has 0 radical (unpaired) electrons. The second-order valence-electron chi connectivity index (χ2n) is 6.82. The van der Waals surface area contributed by atoms with Crippen LogP contribution < -0.4 is 19.9 Å². The normalized spacial score (nSPS) is 11.4. The van der Waals surface area contributed by atoms with Crippen molar-refractivity contribution in [2.75, 3.05) is 24.6 Å². The molecule has 0 fully saturated rings. The highest BCUT2D eigenvalue weighted by Gasteiger charge is 2.16. The summed E-state index contributed by atoms with van der Waals surface area (Å²) in [5.41, 5.74) is 10.1. The lowest BCUT2D eigenvalue weighted by atomic mass is 9.98. The standard InChI is InChI=1S/C21H22ClFN4O3S/c1-12-14(11-26-21(20(12)24)16-6-5-15(22)10-17(16)23)8-13-4-7-18(19(9-13)30-3)27-31(28,29)25-2/h4-7,9-11,25,27H,8,24H2,1-3H3. The van der Waals surface area contributed by atoms with Crippen LogP contribution in [0.2, 0.25) is 5.02 Å². The lowest BCUT2D eigenvalue weighted by molar-refractivity contribution is 0.416. The van der Waals surface area contributed by atoms with Gasteiger partial charge in [-0.05, 0) is 60.4 Å². The maximum Gasteiger partial charge on any atom is 0.298 e. The molecule has 1 heterocycles. The first-order valence-corrected chi connectivity index (χ1v) is 11.1. The number of benzene rings is 2. The maximum atomic E-state index is 14.3. The summed E-state index contributed by atoms with van der Waals surface area (Å²) in [6, 6.07) is 9.48. The number of nitrogens with one attached hydrogen (secondary N) is 2. The number of halogens is 2. The van der Waals surface area contributed by atoms with Gasteiger partial charge in [0.2, 0.25) is 0 Å². The molecule has 0 unspecified atom stereocenters. The average molecular weight is 465 g/mol. The number of nitrogen functional groups attached to an aromatic ring is 1. The van der Waals surface area contributed by atoms with E-state index in [0.29, 0.717) is 34.3 Å². The van der Waals surface area contributed by atoms with Crippen LogP contribution >= 0.6 is 11.6 Å². The summed E-state index contributed by atoms with van der Waals surface area (Å²) < 4.78 is 47.7. The molecule has 0 bridgehead atoms. The monoisotopic (exact) mass is 464 g/mol. The molecule has 3 aromatic rings. The molecule has 7 nitrogen and oxygen atoms in total. The number of hydrogen-bond acceptors (Lipinski definition) is 5. The highest BCUT2D eigenvalue weighted by Crippen LogP contribution is 2.33. The largest absolute Gasteiger partial charge is 0.495 e. The molecule has 0 amide bonds. The van der Waals surface area contributed by atoms with E-state index in [1.54, 1.807) is 36.5 Å². The van der Waals surface area contributed by atoms with Crippen LogP contribution in [0.4, 0.5) is 15.8 Å². The Labute approximate surface area is 185 Å². The van der Waals surface area contributed by atoms with E-state index in [9.17, 15) is 12.8 Å². The van der Waals surface area contributed by atoms with Crippen molar-refractivity contribution in [1.82, 2.24) is 9.71 Å². The number of rotatable bonds is 7. The van der Waals surface area contributed by atoms with E-state index in [1.807, 2.05) is 6.92 Å². The van der Waals surface area contributed by atoms with Gasteiger partial charge in [0.1, 0.15) is 11.6 Å². The van der Waals surface area contributed by atoms with Crippen molar-refractivity contribution in [3.05, 3.63) is 70.1 Å². The molecule has 10 heteroatoms. The molecule has 0 spiro atoms. The number of ether oxygens (including phenoxy) is 1. The van der Waals surface area contributed by atoms with Gasteiger partial charge in [-0.3, -0.25) is 9.71 Å². The first kappa shape index (κ1) is 22.8. The van der Waals surface area contributed by atoms with Crippen LogP contribution in [0.1, 0.15) is 16.7 Å². The Bertz CT molecular complexity index is 1240. The van der Waals surface area contributed by atoms with Crippen LogP contribution in [-0.4, -0.2) is 27.6 Å². The Morgan fingerprint density at radius 2 is 1.97 bits per heavy atom. The summed E-state index contributed by atoms with van der Waals surface area (Å²) in [5, 5.41) is 0.294. The molecule has 0 aliphatic rings. The third-order valence-corrected chi connectivity index (χ3v) is 6.11. The number of aromatic nitrogens is 1. The molecule has 0 atom stereocenters. The first-order valence-electron chi connectivity index (χ1n) is 9.22. The van der Waals surface area contributed by atoms with Crippen LogP contribution in [0.5, 0.6) is 5.75 Å². The van der Waals surface area contributed by atoms with E-state index in [0.717, 1.165) is 16.7 Å². The molecule has 2 aromatic carbocycles. The minimum atomic E-state index is -3.67. The fourth-order valence-corrected chi connectivity index (χ4v) is 3.80. The summed E-state index contributed by atoms with van der Waals surface area (Å²) in [4.78, 5) is 4.38. The van der Waals surface area contributed by atoms with E-state index in [1.165, 1.54) is 20.2 Å². The number of anilines is 2. The third kappa shape index (κ3) is 5.07. The predicted octanol–water partition coefficient (Wildman–Crippen LogP) is 3.91. The first-order chi connectivity index (χ1) is 14.6. The molecular weight excluding hydrogens is 443 g/mol. The highest BCUT2D eigenvalue weighted by atomic mass is 35.5. The molecule has 0 aliphatic heterocycles. The molecule has 3 rings (SSSR count). The van der Waals surface area contributed by atoms with Crippen molar-refractivity contribution in [2.45, 2.75) is 13.3 Å². The second kappa shape index (κ2) is 9.09. The van der Waals surface area contributed by atoms with Crippen LogP contribution in [0.15, 0.2) is 42.6 Å². The van der Waals surface area contributed by atoms with E-state index >= 15 is 0 Å². The van der Waals surface area contributed by atoms with Gasteiger partial charge in [-0.15, -0.1) is 0 Å². The van der Waals surface area contributed by atoms with Crippen LogP contribution in [-0.2, 0) is 16.6 Å². The predicted molar refractivity (Wildman–Crippen MR) is 121 cm³/mol. The minimum absolute atomic E-state index is 0.277. The molecule has 0 saturated carbocycles. The number of nitrogens with two attached hydrogens (primary N) is 1. The minimum Gasteiger partial charge on any atom is -0.495 e. The van der Waals surface area contributed by atoms with Gasteiger partial charge < -0.3 is 10.5 Å². The number of pyridine rings is 1. The highest BCUT2D eigenvalue weighted by molar-refractivity contribution is 7.90. The quantitative estimate of drug-likeness (QED) is 0.491.